The highest BCUT2D eigenvalue weighted by Gasteiger charge is 2.08. The first-order valence-electron chi connectivity index (χ1n) is 3.84. The molecule has 1 heterocycles. The number of fused-ring (bicyclic) bond motifs is 1. The summed E-state index contributed by atoms with van der Waals surface area (Å²) in [5.74, 6) is 0.204. The highest BCUT2D eigenvalue weighted by atomic mass is 32.2. The second kappa shape index (κ2) is 3.00. The molecule has 1 aromatic heterocycles. The Labute approximate surface area is 80.7 Å². The van der Waals surface area contributed by atoms with E-state index in [2.05, 4.69) is 9.17 Å². The summed E-state index contributed by atoms with van der Waals surface area (Å²) in [5, 5.41) is 5.63. The van der Waals surface area contributed by atoms with Crippen LogP contribution in [0.2, 0.25) is 0 Å². The Morgan fingerprint density at radius 3 is 2.79 bits per heavy atom. The molecule has 0 fully saturated rings. The van der Waals surface area contributed by atoms with Crippen molar-refractivity contribution < 1.29 is 12.6 Å². The van der Waals surface area contributed by atoms with E-state index in [1.807, 2.05) is 12.1 Å². The zero-order valence-electron chi connectivity index (χ0n) is 7.10. The molecule has 6 heteroatoms. The number of benzene rings is 1. The van der Waals surface area contributed by atoms with Crippen LogP contribution in [0, 0.1) is 0 Å². The molecule has 0 saturated heterocycles. The van der Waals surface area contributed by atoms with Gasteiger partial charge in [0.2, 0.25) is 0 Å². The van der Waals surface area contributed by atoms with Crippen LogP contribution in [0.3, 0.4) is 0 Å². The fourth-order valence-electron chi connectivity index (χ4n) is 1.25. The number of aromatic amines is 1. The van der Waals surface area contributed by atoms with Crippen LogP contribution in [-0.4, -0.2) is 13.4 Å². The molecule has 74 valence electrons. The van der Waals surface area contributed by atoms with Gasteiger partial charge in [0.15, 0.2) is 5.75 Å². The van der Waals surface area contributed by atoms with E-state index >= 15 is 0 Å². The number of para-hydroxylation sites is 1. The van der Waals surface area contributed by atoms with Gasteiger partial charge in [0.05, 0.1) is 5.52 Å². The van der Waals surface area contributed by atoms with Crippen LogP contribution < -0.4 is 9.32 Å². The van der Waals surface area contributed by atoms with E-state index in [-0.39, 0.29) is 5.75 Å². The van der Waals surface area contributed by atoms with Crippen molar-refractivity contribution in [1.82, 2.24) is 4.98 Å². The molecule has 0 atom stereocenters. The largest absolute Gasteiger partial charge is 0.380 e. The third-order valence-corrected chi connectivity index (χ3v) is 2.17. The van der Waals surface area contributed by atoms with Crippen LogP contribution in [0.15, 0.2) is 30.5 Å². The van der Waals surface area contributed by atoms with Gasteiger partial charge in [0, 0.05) is 11.6 Å². The molecule has 1 aromatic carbocycles. The van der Waals surface area contributed by atoms with Crippen molar-refractivity contribution in [3.63, 3.8) is 0 Å². The summed E-state index contributed by atoms with van der Waals surface area (Å²) < 4.78 is 26.0. The second-order valence-electron chi connectivity index (χ2n) is 2.77. The van der Waals surface area contributed by atoms with Gasteiger partial charge in [-0.1, -0.05) is 12.1 Å². The highest BCUT2D eigenvalue weighted by molar-refractivity contribution is 7.84. The Morgan fingerprint density at radius 2 is 2.07 bits per heavy atom. The van der Waals surface area contributed by atoms with Gasteiger partial charge in [-0.2, -0.15) is 13.6 Å². The molecular formula is C8H8N2O3S. The zero-order valence-corrected chi connectivity index (χ0v) is 7.91. The molecule has 3 N–H and O–H groups in total. The maximum Gasteiger partial charge on any atom is 0.380 e. The van der Waals surface area contributed by atoms with Gasteiger partial charge in [-0.3, -0.25) is 0 Å². The molecule has 0 amide bonds. The lowest BCUT2D eigenvalue weighted by atomic mass is 10.2. The van der Waals surface area contributed by atoms with Crippen molar-refractivity contribution in [3.8, 4) is 5.75 Å². The summed E-state index contributed by atoms with van der Waals surface area (Å²) in [7, 11) is -3.97. The lowest BCUT2D eigenvalue weighted by Crippen LogP contribution is -2.19. The highest BCUT2D eigenvalue weighted by Crippen LogP contribution is 2.24. The van der Waals surface area contributed by atoms with E-state index in [9.17, 15) is 8.42 Å². The number of nitrogens with one attached hydrogen (secondary N) is 1. The number of aromatic nitrogens is 1. The van der Waals surface area contributed by atoms with Gasteiger partial charge in [0.1, 0.15) is 0 Å². The Bertz CT molecular complexity index is 559. The molecule has 5 nitrogen and oxygen atoms in total. The fraction of sp³-hybridized carbons (Fsp3) is 0. The maximum absolute atomic E-state index is 10.7. The maximum atomic E-state index is 10.7. The molecule has 0 aliphatic heterocycles. The predicted molar refractivity (Wildman–Crippen MR) is 52.0 cm³/mol. The predicted octanol–water partition coefficient (Wildman–Crippen LogP) is 0.750. The average molecular weight is 212 g/mol. The third-order valence-electron chi connectivity index (χ3n) is 1.75. The van der Waals surface area contributed by atoms with Crippen molar-refractivity contribution in [2.24, 2.45) is 5.14 Å². The molecule has 0 aliphatic rings. The van der Waals surface area contributed by atoms with Crippen molar-refractivity contribution in [2.75, 3.05) is 0 Å². The first kappa shape index (κ1) is 9.04. The van der Waals surface area contributed by atoms with Crippen LogP contribution >= 0.6 is 0 Å². The van der Waals surface area contributed by atoms with Crippen LogP contribution in [-0.2, 0) is 10.3 Å². The molecule has 0 bridgehead atoms. The summed E-state index contributed by atoms with van der Waals surface area (Å²) >= 11 is 0. The minimum atomic E-state index is -3.97. The third kappa shape index (κ3) is 1.70. The smallest absolute Gasteiger partial charge is 0.369 e. The number of hydrogen-bond acceptors (Lipinski definition) is 3. The monoisotopic (exact) mass is 212 g/mol. The van der Waals surface area contributed by atoms with Crippen LogP contribution in [0.4, 0.5) is 0 Å². The van der Waals surface area contributed by atoms with Crippen molar-refractivity contribution in [2.45, 2.75) is 0 Å². The SMILES string of the molecule is NS(=O)(=O)Oc1cccc2cc[nH]c12. The lowest BCUT2D eigenvalue weighted by molar-refractivity contribution is 0.490. The topological polar surface area (TPSA) is 85.2 Å². The van der Waals surface area contributed by atoms with Crippen molar-refractivity contribution >= 4 is 21.2 Å². The fourth-order valence-corrected chi connectivity index (χ4v) is 1.64. The molecule has 0 spiro atoms. The zero-order chi connectivity index (χ0) is 10.2. The van der Waals surface area contributed by atoms with E-state index in [4.69, 9.17) is 5.14 Å². The molecule has 0 unspecified atom stereocenters. The van der Waals surface area contributed by atoms with Gasteiger partial charge in [-0.05, 0) is 12.1 Å². The van der Waals surface area contributed by atoms with Gasteiger partial charge in [-0.15, -0.1) is 0 Å². The van der Waals surface area contributed by atoms with Crippen molar-refractivity contribution in [3.05, 3.63) is 30.5 Å². The average Bonchev–Trinajstić information content (AvgIpc) is 2.49. The minimum Gasteiger partial charge on any atom is -0.369 e. The molecule has 0 radical (unpaired) electrons. The molecule has 2 aromatic rings. The van der Waals surface area contributed by atoms with Gasteiger partial charge < -0.3 is 9.17 Å². The molecule has 0 aliphatic carbocycles. The molecule has 2 rings (SSSR count). The van der Waals surface area contributed by atoms with Crippen LogP contribution in [0.1, 0.15) is 0 Å². The molecule has 14 heavy (non-hydrogen) atoms. The van der Waals surface area contributed by atoms with Gasteiger partial charge >= 0.3 is 10.3 Å². The summed E-state index contributed by atoms with van der Waals surface area (Å²) in [4.78, 5) is 2.87. The first-order chi connectivity index (χ1) is 6.56. The summed E-state index contributed by atoms with van der Waals surface area (Å²) in [6.07, 6.45) is 1.70. The lowest BCUT2D eigenvalue weighted by Gasteiger charge is -2.02. The number of rotatable bonds is 2. The summed E-state index contributed by atoms with van der Waals surface area (Å²) in [6.45, 7) is 0. The number of nitrogens with two attached hydrogens (primary N) is 1. The quantitative estimate of drug-likeness (QED) is 0.770. The van der Waals surface area contributed by atoms with E-state index in [0.29, 0.717) is 5.52 Å². The standard InChI is InChI=1S/C8H8N2O3S/c9-14(11,12)13-7-3-1-2-6-4-5-10-8(6)7/h1-5,10H,(H2,9,11,12). The summed E-state index contributed by atoms with van der Waals surface area (Å²) in [6, 6.07) is 6.87. The minimum absolute atomic E-state index is 0.204. The molecule has 0 saturated carbocycles. The Hall–Kier alpha value is -1.53. The van der Waals surface area contributed by atoms with Gasteiger partial charge in [0.25, 0.3) is 0 Å². The van der Waals surface area contributed by atoms with Crippen LogP contribution in [0.5, 0.6) is 5.75 Å². The van der Waals surface area contributed by atoms with Crippen molar-refractivity contribution in [1.29, 1.82) is 0 Å². The number of hydrogen-bond donors (Lipinski definition) is 2. The van der Waals surface area contributed by atoms with E-state index < -0.39 is 10.3 Å². The number of H-pyrrole nitrogens is 1. The Morgan fingerprint density at radius 1 is 1.29 bits per heavy atom. The van der Waals surface area contributed by atoms with Crippen LogP contribution in [0.25, 0.3) is 10.9 Å². The second-order valence-corrected chi connectivity index (χ2v) is 3.93. The van der Waals surface area contributed by atoms with E-state index in [0.717, 1.165) is 5.39 Å². The van der Waals surface area contributed by atoms with Gasteiger partial charge in [-0.25, -0.2) is 0 Å². The first-order valence-corrected chi connectivity index (χ1v) is 5.32. The Kier molecular flexibility index (Phi) is 1.94. The summed E-state index contributed by atoms with van der Waals surface area (Å²) in [5.41, 5.74) is 0.613. The Balaban J connectivity index is 2.57. The molecular weight excluding hydrogens is 204 g/mol. The van der Waals surface area contributed by atoms with E-state index in [1.165, 1.54) is 6.07 Å². The normalized spacial score (nSPS) is 11.8. The van der Waals surface area contributed by atoms with E-state index in [1.54, 1.807) is 12.3 Å².